The summed E-state index contributed by atoms with van der Waals surface area (Å²) in [6.07, 6.45) is 1.49. The Bertz CT molecular complexity index is 830. The van der Waals surface area contributed by atoms with Crippen LogP contribution in [0.3, 0.4) is 0 Å². The maximum Gasteiger partial charge on any atom is 0.255 e. The summed E-state index contributed by atoms with van der Waals surface area (Å²) < 4.78 is 6.77. The van der Waals surface area contributed by atoms with Gasteiger partial charge >= 0.3 is 0 Å². The highest BCUT2D eigenvalue weighted by Gasteiger charge is 2.09. The zero-order valence-electron chi connectivity index (χ0n) is 12.7. The summed E-state index contributed by atoms with van der Waals surface area (Å²) in [5.74, 6) is 0.470. The normalized spacial score (nSPS) is 10.3. The van der Waals surface area contributed by atoms with Crippen molar-refractivity contribution < 1.29 is 9.53 Å². The van der Waals surface area contributed by atoms with Gasteiger partial charge in [-0.05, 0) is 53.2 Å². The lowest BCUT2D eigenvalue weighted by Crippen LogP contribution is -2.12. The van der Waals surface area contributed by atoms with Crippen LogP contribution in [0.4, 0.5) is 5.69 Å². The molecule has 0 aliphatic heterocycles. The molecule has 7 heteroatoms. The molecule has 0 saturated carbocycles. The predicted octanol–water partition coefficient (Wildman–Crippen LogP) is 2.23. The first-order valence-electron chi connectivity index (χ1n) is 6.97. The fraction of sp³-hybridized carbons (Fsp3) is 0.125. The molecule has 0 radical (unpaired) electrons. The van der Waals surface area contributed by atoms with Crippen LogP contribution in [0.15, 0.2) is 48.8 Å². The molecule has 7 nitrogen and oxygen atoms in total. The molecule has 1 heterocycles. The van der Waals surface area contributed by atoms with Crippen molar-refractivity contribution in [3.63, 3.8) is 0 Å². The third-order valence-electron chi connectivity index (χ3n) is 3.39. The predicted molar refractivity (Wildman–Crippen MR) is 84.8 cm³/mol. The van der Waals surface area contributed by atoms with Crippen molar-refractivity contribution in [2.45, 2.75) is 6.92 Å². The highest BCUT2D eigenvalue weighted by Crippen LogP contribution is 2.20. The smallest absolute Gasteiger partial charge is 0.255 e. The van der Waals surface area contributed by atoms with Crippen LogP contribution in [-0.4, -0.2) is 33.2 Å². The molecule has 1 aromatic heterocycles. The van der Waals surface area contributed by atoms with Crippen molar-refractivity contribution >= 4 is 11.6 Å². The van der Waals surface area contributed by atoms with E-state index < -0.39 is 0 Å². The minimum Gasteiger partial charge on any atom is -0.496 e. The second kappa shape index (κ2) is 6.27. The van der Waals surface area contributed by atoms with Crippen LogP contribution in [0.25, 0.3) is 5.69 Å². The Morgan fingerprint density at radius 3 is 2.83 bits per heavy atom. The number of ether oxygens (including phenoxy) is 1. The summed E-state index contributed by atoms with van der Waals surface area (Å²) in [6.45, 7) is 1.93. The van der Waals surface area contributed by atoms with Crippen LogP contribution in [0, 0.1) is 6.92 Å². The van der Waals surface area contributed by atoms with Gasteiger partial charge in [-0.15, -0.1) is 5.10 Å². The molecule has 0 bridgehead atoms. The average Bonchev–Trinajstić information content (AvgIpc) is 3.10. The maximum absolute atomic E-state index is 12.4. The fourth-order valence-corrected chi connectivity index (χ4v) is 2.17. The number of anilines is 1. The SMILES string of the molecule is COc1cc(C(=O)Nc2cccc(-n3cnnn3)c2)ccc1C. The molecule has 0 atom stereocenters. The van der Waals surface area contributed by atoms with Gasteiger partial charge in [0.15, 0.2) is 0 Å². The van der Waals surface area contributed by atoms with Crippen LogP contribution in [0.2, 0.25) is 0 Å². The summed E-state index contributed by atoms with van der Waals surface area (Å²) in [5, 5.41) is 13.9. The number of methoxy groups -OCH3 is 1. The topological polar surface area (TPSA) is 81.9 Å². The van der Waals surface area contributed by atoms with Crippen molar-refractivity contribution in [1.29, 1.82) is 0 Å². The quantitative estimate of drug-likeness (QED) is 0.799. The van der Waals surface area contributed by atoms with Gasteiger partial charge < -0.3 is 10.1 Å². The summed E-state index contributed by atoms with van der Waals surface area (Å²) >= 11 is 0. The number of carbonyl (C=O) groups excluding carboxylic acids is 1. The van der Waals surface area contributed by atoms with Crippen LogP contribution in [0.1, 0.15) is 15.9 Å². The zero-order chi connectivity index (χ0) is 16.2. The van der Waals surface area contributed by atoms with Crippen molar-refractivity contribution in [3.8, 4) is 11.4 Å². The molecule has 2 aromatic carbocycles. The lowest BCUT2D eigenvalue weighted by Gasteiger charge is -2.09. The fourth-order valence-electron chi connectivity index (χ4n) is 2.17. The van der Waals surface area contributed by atoms with E-state index in [2.05, 4.69) is 20.8 Å². The van der Waals surface area contributed by atoms with Gasteiger partial charge in [0.25, 0.3) is 5.91 Å². The second-order valence-corrected chi connectivity index (χ2v) is 4.94. The van der Waals surface area contributed by atoms with Crippen LogP contribution >= 0.6 is 0 Å². The molecule has 0 aliphatic rings. The van der Waals surface area contributed by atoms with E-state index in [9.17, 15) is 4.79 Å². The second-order valence-electron chi connectivity index (χ2n) is 4.94. The van der Waals surface area contributed by atoms with Gasteiger partial charge in [-0.2, -0.15) is 0 Å². The van der Waals surface area contributed by atoms with E-state index in [0.717, 1.165) is 11.3 Å². The number of rotatable bonds is 4. The molecule has 0 fully saturated rings. The Morgan fingerprint density at radius 2 is 2.09 bits per heavy atom. The van der Waals surface area contributed by atoms with Crippen molar-refractivity contribution in [1.82, 2.24) is 20.2 Å². The lowest BCUT2D eigenvalue weighted by molar-refractivity contribution is 0.102. The number of hydrogen-bond donors (Lipinski definition) is 1. The van der Waals surface area contributed by atoms with Crippen LogP contribution in [0.5, 0.6) is 5.75 Å². The van der Waals surface area contributed by atoms with E-state index in [1.807, 2.05) is 25.1 Å². The van der Waals surface area contributed by atoms with Crippen molar-refractivity contribution in [3.05, 3.63) is 59.9 Å². The van der Waals surface area contributed by atoms with E-state index in [4.69, 9.17) is 4.74 Å². The van der Waals surface area contributed by atoms with Gasteiger partial charge in [0.1, 0.15) is 12.1 Å². The molecular weight excluding hydrogens is 294 g/mol. The Balaban J connectivity index is 1.82. The summed E-state index contributed by atoms with van der Waals surface area (Å²) in [4.78, 5) is 12.4. The third-order valence-corrected chi connectivity index (χ3v) is 3.39. The number of aryl methyl sites for hydroxylation is 1. The van der Waals surface area contributed by atoms with Crippen molar-refractivity contribution in [2.75, 3.05) is 12.4 Å². The molecule has 23 heavy (non-hydrogen) atoms. The van der Waals surface area contributed by atoms with Crippen molar-refractivity contribution in [2.24, 2.45) is 0 Å². The van der Waals surface area contributed by atoms with E-state index in [-0.39, 0.29) is 5.91 Å². The summed E-state index contributed by atoms with van der Waals surface area (Å²) in [5.41, 5.74) is 2.92. The third kappa shape index (κ3) is 3.18. The van der Waals surface area contributed by atoms with Crippen LogP contribution < -0.4 is 10.1 Å². The molecule has 0 aliphatic carbocycles. The summed E-state index contributed by atoms with van der Waals surface area (Å²) in [6, 6.07) is 12.6. The Labute approximate surface area is 132 Å². The summed E-state index contributed by atoms with van der Waals surface area (Å²) in [7, 11) is 1.58. The van der Waals surface area contributed by atoms with Gasteiger partial charge in [-0.1, -0.05) is 12.1 Å². The zero-order valence-corrected chi connectivity index (χ0v) is 12.7. The Hall–Kier alpha value is -3.22. The number of amides is 1. The van der Waals surface area contributed by atoms with Gasteiger partial charge in [-0.25, -0.2) is 4.68 Å². The highest BCUT2D eigenvalue weighted by molar-refractivity contribution is 6.04. The Morgan fingerprint density at radius 1 is 1.22 bits per heavy atom. The number of benzene rings is 2. The number of carbonyl (C=O) groups is 1. The van der Waals surface area contributed by atoms with E-state index >= 15 is 0 Å². The van der Waals surface area contributed by atoms with Gasteiger partial charge in [0, 0.05) is 11.3 Å². The van der Waals surface area contributed by atoms with Gasteiger partial charge in [-0.3, -0.25) is 4.79 Å². The van der Waals surface area contributed by atoms with E-state index in [0.29, 0.717) is 17.0 Å². The monoisotopic (exact) mass is 309 g/mol. The van der Waals surface area contributed by atoms with Gasteiger partial charge in [0.2, 0.25) is 0 Å². The standard InChI is InChI=1S/C16H15N5O2/c1-11-6-7-12(8-15(11)23-2)16(22)18-13-4-3-5-14(9-13)21-10-17-19-20-21/h3-10H,1-2H3,(H,18,22). The molecule has 0 spiro atoms. The number of nitrogens with zero attached hydrogens (tertiary/aromatic N) is 4. The van der Waals surface area contributed by atoms with E-state index in [1.54, 1.807) is 31.4 Å². The number of nitrogens with one attached hydrogen (secondary N) is 1. The lowest BCUT2D eigenvalue weighted by atomic mass is 10.1. The minimum absolute atomic E-state index is 0.211. The molecule has 0 unspecified atom stereocenters. The molecule has 3 rings (SSSR count). The van der Waals surface area contributed by atoms with E-state index in [1.165, 1.54) is 11.0 Å². The first kappa shape index (κ1) is 14.7. The molecule has 116 valence electrons. The van der Waals surface area contributed by atoms with Gasteiger partial charge in [0.05, 0.1) is 12.8 Å². The molecular formula is C16H15N5O2. The van der Waals surface area contributed by atoms with Crippen LogP contribution in [-0.2, 0) is 0 Å². The minimum atomic E-state index is -0.211. The average molecular weight is 309 g/mol. The first-order chi connectivity index (χ1) is 11.2. The molecule has 1 N–H and O–H groups in total. The largest absolute Gasteiger partial charge is 0.496 e. The number of tetrazole rings is 1. The first-order valence-corrected chi connectivity index (χ1v) is 6.97. The maximum atomic E-state index is 12.4. The Kier molecular flexibility index (Phi) is 4.01. The number of aromatic nitrogens is 4. The highest BCUT2D eigenvalue weighted by atomic mass is 16.5. The molecule has 3 aromatic rings. The molecule has 1 amide bonds. The molecule has 0 saturated heterocycles. The number of hydrogen-bond acceptors (Lipinski definition) is 5.